The standard InChI is InChI=1S/C34H25N3OS/c1-2-15-29(16-3-1)39-32-19-5-4-17-30(32)33(31-18-6-7-20-35-31)25-11-8-13-27(23-25)38-28-14-9-12-26(24-28)34-36-21-10-22-37-34/h1-24,33H/t33-/m0/s1. The van der Waals surface area contributed by atoms with E-state index in [-0.39, 0.29) is 5.92 Å². The lowest BCUT2D eigenvalue weighted by Crippen LogP contribution is -2.07. The Bertz CT molecular complexity index is 1660. The second-order valence-electron chi connectivity index (χ2n) is 8.92. The van der Waals surface area contributed by atoms with Gasteiger partial charge in [-0.1, -0.05) is 78.5 Å². The van der Waals surface area contributed by atoms with Gasteiger partial charge in [0.15, 0.2) is 5.82 Å². The molecule has 6 aromatic rings. The molecule has 0 bridgehead atoms. The average molecular weight is 524 g/mol. The van der Waals surface area contributed by atoms with Gasteiger partial charge in [0.1, 0.15) is 11.5 Å². The third-order valence-corrected chi connectivity index (χ3v) is 7.37. The Morgan fingerprint density at radius 1 is 0.564 bits per heavy atom. The van der Waals surface area contributed by atoms with Crippen LogP contribution in [0.3, 0.4) is 0 Å². The summed E-state index contributed by atoms with van der Waals surface area (Å²) in [6.07, 6.45) is 5.34. The van der Waals surface area contributed by atoms with E-state index in [1.54, 1.807) is 24.2 Å². The zero-order chi connectivity index (χ0) is 26.3. The van der Waals surface area contributed by atoms with Crippen LogP contribution in [-0.2, 0) is 0 Å². The number of aromatic nitrogens is 3. The first kappa shape index (κ1) is 24.6. The van der Waals surface area contributed by atoms with Gasteiger partial charge in [-0.05, 0) is 71.8 Å². The predicted octanol–water partition coefficient (Wildman–Crippen LogP) is 8.66. The lowest BCUT2D eigenvalue weighted by atomic mass is 9.88. The molecule has 0 unspecified atom stereocenters. The Hall–Kier alpha value is -4.74. The molecule has 0 N–H and O–H groups in total. The molecule has 188 valence electrons. The fourth-order valence-electron chi connectivity index (χ4n) is 4.52. The number of ether oxygens (including phenoxy) is 1. The van der Waals surface area contributed by atoms with E-state index in [1.165, 1.54) is 15.4 Å². The fraction of sp³-hybridized carbons (Fsp3) is 0.0294. The maximum absolute atomic E-state index is 6.35. The molecule has 0 aliphatic carbocycles. The third-order valence-electron chi connectivity index (χ3n) is 6.27. The van der Waals surface area contributed by atoms with E-state index in [4.69, 9.17) is 9.72 Å². The van der Waals surface area contributed by atoms with Crippen LogP contribution >= 0.6 is 11.8 Å². The monoisotopic (exact) mass is 523 g/mol. The smallest absolute Gasteiger partial charge is 0.159 e. The average Bonchev–Trinajstić information content (AvgIpc) is 3.00. The molecule has 4 nitrogen and oxygen atoms in total. The Labute approximate surface area is 232 Å². The van der Waals surface area contributed by atoms with Crippen LogP contribution in [-0.4, -0.2) is 15.0 Å². The molecule has 0 aliphatic rings. The van der Waals surface area contributed by atoms with Crippen molar-refractivity contribution in [1.82, 2.24) is 15.0 Å². The summed E-state index contributed by atoms with van der Waals surface area (Å²) in [5.74, 6) is 2.09. The maximum Gasteiger partial charge on any atom is 0.159 e. The van der Waals surface area contributed by atoms with E-state index in [0.29, 0.717) is 5.82 Å². The summed E-state index contributed by atoms with van der Waals surface area (Å²) < 4.78 is 6.35. The molecular weight excluding hydrogens is 498 g/mol. The van der Waals surface area contributed by atoms with Gasteiger partial charge in [-0.25, -0.2) is 9.97 Å². The summed E-state index contributed by atoms with van der Waals surface area (Å²) in [6.45, 7) is 0. The Morgan fingerprint density at radius 2 is 1.28 bits per heavy atom. The molecule has 1 atom stereocenters. The van der Waals surface area contributed by atoms with Crippen LogP contribution in [0.5, 0.6) is 11.5 Å². The van der Waals surface area contributed by atoms with Gasteiger partial charge in [-0.2, -0.15) is 0 Å². The minimum Gasteiger partial charge on any atom is -0.457 e. The van der Waals surface area contributed by atoms with Crippen molar-refractivity contribution in [3.63, 3.8) is 0 Å². The summed E-state index contributed by atoms with van der Waals surface area (Å²) in [5.41, 5.74) is 4.20. The van der Waals surface area contributed by atoms with Gasteiger partial charge in [0.25, 0.3) is 0 Å². The van der Waals surface area contributed by atoms with Gasteiger partial charge in [-0.3, -0.25) is 4.98 Å². The predicted molar refractivity (Wildman–Crippen MR) is 156 cm³/mol. The van der Waals surface area contributed by atoms with Crippen LogP contribution in [0.1, 0.15) is 22.7 Å². The van der Waals surface area contributed by atoms with Crippen molar-refractivity contribution < 1.29 is 4.74 Å². The van der Waals surface area contributed by atoms with Crippen molar-refractivity contribution in [2.75, 3.05) is 0 Å². The number of pyridine rings is 1. The minimum absolute atomic E-state index is 0.0637. The molecule has 0 saturated carbocycles. The molecule has 6 rings (SSSR count). The van der Waals surface area contributed by atoms with Crippen LogP contribution in [0, 0.1) is 0 Å². The molecule has 0 fully saturated rings. The van der Waals surface area contributed by atoms with Crippen LogP contribution in [0.25, 0.3) is 11.4 Å². The molecule has 0 saturated heterocycles. The fourth-order valence-corrected chi connectivity index (χ4v) is 5.52. The molecule has 0 spiro atoms. The summed E-state index contributed by atoms with van der Waals surface area (Å²) >= 11 is 1.77. The number of hydrogen-bond donors (Lipinski definition) is 0. The SMILES string of the molecule is c1ccc(Sc2ccccc2[C@H](c2cccc(Oc3cccc(-c4ncccn4)c3)c2)c2ccccn2)cc1. The first-order chi connectivity index (χ1) is 19.3. The molecule has 0 aliphatic heterocycles. The van der Waals surface area contributed by atoms with Gasteiger partial charge in [0.05, 0.1) is 11.6 Å². The lowest BCUT2D eigenvalue weighted by molar-refractivity contribution is 0.482. The molecular formula is C34H25N3OS. The highest BCUT2D eigenvalue weighted by molar-refractivity contribution is 7.99. The topological polar surface area (TPSA) is 47.9 Å². The highest BCUT2D eigenvalue weighted by Crippen LogP contribution is 2.40. The highest BCUT2D eigenvalue weighted by Gasteiger charge is 2.22. The van der Waals surface area contributed by atoms with Crippen molar-refractivity contribution in [3.8, 4) is 22.9 Å². The van der Waals surface area contributed by atoms with Crippen molar-refractivity contribution >= 4 is 11.8 Å². The molecule has 0 amide bonds. The molecule has 0 radical (unpaired) electrons. The summed E-state index contributed by atoms with van der Waals surface area (Å²) in [6, 6.07) is 43.0. The van der Waals surface area contributed by atoms with Gasteiger partial charge in [0.2, 0.25) is 0 Å². The van der Waals surface area contributed by atoms with E-state index in [2.05, 4.69) is 76.7 Å². The number of benzene rings is 4. The molecule has 2 aromatic heterocycles. The molecule has 39 heavy (non-hydrogen) atoms. The third kappa shape index (κ3) is 5.89. The van der Waals surface area contributed by atoms with Crippen molar-refractivity contribution in [2.45, 2.75) is 15.7 Å². The van der Waals surface area contributed by atoms with Gasteiger partial charge in [0, 0.05) is 33.9 Å². The normalized spacial score (nSPS) is 11.6. The van der Waals surface area contributed by atoms with Gasteiger partial charge >= 0.3 is 0 Å². The van der Waals surface area contributed by atoms with E-state index in [9.17, 15) is 0 Å². The summed E-state index contributed by atoms with van der Waals surface area (Å²) in [5, 5.41) is 0. The van der Waals surface area contributed by atoms with Crippen LogP contribution < -0.4 is 4.74 Å². The summed E-state index contributed by atoms with van der Waals surface area (Å²) in [4.78, 5) is 15.9. The maximum atomic E-state index is 6.35. The number of nitrogens with zero attached hydrogens (tertiary/aromatic N) is 3. The zero-order valence-electron chi connectivity index (χ0n) is 21.1. The Balaban J connectivity index is 1.36. The summed E-state index contributed by atoms with van der Waals surface area (Å²) in [7, 11) is 0. The Morgan fingerprint density at radius 3 is 2.10 bits per heavy atom. The second-order valence-corrected chi connectivity index (χ2v) is 10.0. The Kier molecular flexibility index (Phi) is 7.41. The highest BCUT2D eigenvalue weighted by atomic mass is 32.2. The first-order valence-corrected chi connectivity index (χ1v) is 13.5. The van der Waals surface area contributed by atoms with E-state index in [0.717, 1.165) is 28.3 Å². The first-order valence-electron chi connectivity index (χ1n) is 12.7. The number of rotatable bonds is 8. The molecule has 5 heteroatoms. The van der Waals surface area contributed by atoms with Crippen molar-refractivity contribution in [1.29, 1.82) is 0 Å². The quantitative estimate of drug-likeness (QED) is 0.200. The molecule has 2 heterocycles. The van der Waals surface area contributed by atoms with Gasteiger partial charge < -0.3 is 4.74 Å². The van der Waals surface area contributed by atoms with Crippen molar-refractivity contribution in [3.05, 3.63) is 163 Å². The van der Waals surface area contributed by atoms with Crippen LogP contribution in [0.2, 0.25) is 0 Å². The second kappa shape index (κ2) is 11.8. The zero-order valence-corrected chi connectivity index (χ0v) is 21.9. The van der Waals surface area contributed by atoms with E-state index < -0.39 is 0 Å². The van der Waals surface area contributed by atoms with E-state index in [1.807, 2.05) is 66.9 Å². The van der Waals surface area contributed by atoms with Gasteiger partial charge in [-0.15, -0.1) is 0 Å². The van der Waals surface area contributed by atoms with Crippen LogP contribution in [0.4, 0.5) is 0 Å². The van der Waals surface area contributed by atoms with Crippen molar-refractivity contribution in [2.24, 2.45) is 0 Å². The lowest BCUT2D eigenvalue weighted by Gasteiger charge is -2.21. The van der Waals surface area contributed by atoms with Crippen LogP contribution in [0.15, 0.2) is 156 Å². The largest absolute Gasteiger partial charge is 0.457 e. The van der Waals surface area contributed by atoms with E-state index >= 15 is 0 Å². The minimum atomic E-state index is -0.0637. The number of hydrogen-bond acceptors (Lipinski definition) is 5. The molecule has 4 aromatic carbocycles.